The van der Waals surface area contributed by atoms with E-state index in [-0.39, 0.29) is 17.7 Å². The van der Waals surface area contributed by atoms with Gasteiger partial charge in [-0.25, -0.2) is 15.0 Å². The van der Waals surface area contributed by atoms with Crippen molar-refractivity contribution < 1.29 is 9.90 Å². The second kappa shape index (κ2) is 19.3. The molecule has 0 saturated carbocycles. The molecular formula is C49H67N5O2. The lowest BCUT2D eigenvalue weighted by molar-refractivity contribution is -0.121. The van der Waals surface area contributed by atoms with E-state index in [0.29, 0.717) is 25.0 Å². The van der Waals surface area contributed by atoms with Crippen molar-refractivity contribution in [2.75, 3.05) is 6.54 Å². The highest BCUT2D eigenvalue weighted by Gasteiger charge is 2.41. The highest BCUT2D eigenvalue weighted by molar-refractivity contribution is 6.21. The Morgan fingerprint density at radius 1 is 0.839 bits per heavy atom. The van der Waals surface area contributed by atoms with Crippen LogP contribution in [0.25, 0.3) is 0 Å². The SMILES string of the molecule is C=CC1=C(C)C2=NC1=CC1=NC(=CC3=C(C)C4=C(O)CC(=C5NC(=C2)[C@@H](C)[C@@H]5CCC(=O)NCCCCCCCCCCCCCCCC)C4=N3)C(CC)=C1C. The quantitative estimate of drug-likeness (QED) is 0.108. The number of aliphatic hydroxyl groups is 1. The number of nitrogens with zero attached hydrogens (tertiary/aromatic N) is 3. The van der Waals surface area contributed by atoms with Gasteiger partial charge in [0.1, 0.15) is 5.76 Å². The minimum atomic E-state index is 0.0651. The number of carbonyl (C=O) groups is 1. The zero-order valence-corrected chi connectivity index (χ0v) is 35.3. The van der Waals surface area contributed by atoms with Crippen LogP contribution < -0.4 is 10.6 Å². The first-order valence-corrected chi connectivity index (χ1v) is 22.0. The lowest BCUT2D eigenvalue weighted by Crippen LogP contribution is -2.25. The van der Waals surface area contributed by atoms with Crippen molar-refractivity contribution in [1.29, 1.82) is 0 Å². The molecule has 1 saturated heterocycles. The van der Waals surface area contributed by atoms with Gasteiger partial charge in [-0.05, 0) is 80.6 Å². The van der Waals surface area contributed by atoms with Crippen molar-refractivity contribution in [2.24, 2.45) is 26.8 Å². The van der Waals surface area contributed by atoms with Crippen LogP contribution in [0.5, 0.6) is 0 Å². The minimum absolute atomic E-state index is 0.0651. The maximum Gasteiger partial charge on any atom is 0.220 e. The third-order valence-corrected chi connectivity index (χ3v) is 12.8. The fourth-order valence-corrected chi connectivity index (χ4v) is 9.30. The van der Waals surface area contributed by atoms with Crippen LogP contribution in [-0.4, -0.2) is 34.7 Å². The summed E-state index contributed by atoms with van der Waals surface area (Å²) >= 11 is 0. The Kier molecular flexibility index (Phi) is 14.2. The smallest absolute Gasteiger partial charge is 0.220 e. The fraction of sp³-hybridized carbons (Fsp3) is 0.551. The van der Waals surface area contributed by atoms with Gasteiger partial charge in [-0.3, -0.25) is 4.79 Å². The van der Waals surface area contributed by atoms with Crippen LogP contribution >= 0.6 is 0 Å². The predicted molar refractivity (Wildman–Crippen MR) is 235 cm³/mol. The number of carbonyl (C=O) groups excluding carboxylic acids is 1. The molecule has 56 heavy (non-hydrogen) atoms. The molecule has 0 radical (unpaired) electrons. The molecule has 0 unspecified atom stereocenters. The van der Waals surface area contributed by atoms with Gasteiger partial charge in [0.15, 0.2) is 0 Å². The molecule has 5 heterocycles. The van der Waals surface area contributed by atoms with Gasteiger partial charge in [0.05, 0.1) is 34.2 Å². The zero-order valence-electron chi connectivity index (χ0n) is 35.3. The molecule has 300 valence electrons. The summed E-state index contributed by atoms with van der Waals surface area (Å²) in [5, 5.41) is 18.4. The molecule has 3 N–H and O–H groups in total. The van der Waals surface area contributed by atoms with E-state index in [4.69, 9.17) is 15.0 Å². The van der Waals surface area contributed by atoms with Gasteiger partial charge in [0, 0.05) is 59.3 Å². The standard InChI is InChI=1S/C49H67N5O2/c1-8-11-12-13-14-15-16-17-18-19-20-21-22-23-26-50-46(56)25-24-37-33(6)41-28-39-31(4)35(9-2)43(51-39)29-40-32(5)36(10-3)44(52-40)30-42-34(7)47-45(55)27-38(48(37)53-41)49(47)54-42/h9,28-30,33,37,53,55H,2,8,10-27H2,1,3-7H3,(H,50,56)/t33-,37-/m0/s1. The summed E-state index contributed by atoms with van der Waals surface area (Å²) in [6.07, 6.45) is 29.2. The van der Waals surface area contributed by atoms with E-state index in [1.807, 2.05) is 13.0 Å². The number of fused-ring (bicyclic) bond motifs is 5. The molecule has 7 nitrogen and oxygen atoms in total. The number of unbranched alkanes of at least 4 members (excludes halogenated alkanes) is 13. The normalized spacial score (nSPS) is 21.5. The van der Waals surface area contributed by atoms with Crippen molar-refractivity contribution in [3.05, 3.63) is 104 Å². The topological polar surface area (TPSA) is 98.4 Å². The van der Waals surface area contributed by atoms with E-state index in [1.165, 1.54) is 89.0 Å². The van der Waals surface area contributed by atoms with Crippen LogP contribution in [0.4, 0.5) is 0 Å². The van der Waals surface area contributed by atoms with Gasteiger partial charge in [0.2, 0.25) is 5.91 Å². The molecule has 0 aromatic heterocycles. The van der Waals surface area contributed by atoms with Gasteiger partial charge in [-0.1, -0.05) is 117 Å². The first kappa shape index (κ1) is 41.4. The van der Waals surface area contributed by atoms with Crippen molar-refractivity contribution >= 4 is 23.0 Å². The molecular weight excluding hydrogens is 691 g/mol. The first-order valence-electron chi connectivity index (χ1n) is 22.0. The second-order valence-electron chi connectivity index (χ2n) is 16.7. The Balaban J connectivity index is 1.12. The summed E-state index contributed by atoms with van der Waals surface area (Å²) in [4.78, 5) is 28.7. The Morgan fingerprint density at radius 3 is 2.11 bits per heavy atom. The third-order valence-electron chi connectivity index (χ3n) is 12.8. The number of rotatable bonds is 20. The van der Waals surface area contributed by atoms with Crippen LogP contribution in [0.2, 0.25) is 0 Å². The van der Waals surface area contributed by atoms with E-state index < -0.39 is 0 Å². The summed E-state index contributed by atoms with van der Waals surface area (Å²) in [6.45, 7) is 17.9. The van der Waals surface area contributed by atoms with Gasteiger partial charge in [-0.15, -0.1) is 0 Å². The van der Waals surface area contributed by atoms with E-state index >= 15 is 0 Å². The van der Waals surface area contributed by atoms with Gasteiger partial charge >= 0.3 is 0 Å². The van der Waals surface area contributed by atoms with Crippen LogP contribution in [0.15, 0.2) is 119 Å². The van der Waals surface area contributed by atoms with Crippen LogP contribution in [0.1, 0.15) is 157 Å². The molecule has 1 fully saturated rings. The summed E-state index contributed by atoms with van der Waals surface area (Å²) < 4.78 is 0. The first-order chi connectivity index (χ1) is 27.2. The number of hydrogen-bond acceptors (Lipinski definition) is 6. The molecule has 0 aromatic carbocycles. The van der Waals surface area contributed by atoms with Crippen molar-refractivity contribution in [3.8, 4) is 0 Å². The molecule has 0 spiro atoms. The molecule has 7 heteroatoms. The van der Waals surface area contributed by atoms with Gasteiger partial charge in [0.25, 0.3) is 0 Å². The fourth-order valence-electron chi connectivity index (χ4n) is 9.30. The monoisotopic (exact) mass is 758 g/mol. The van der Waals surface area contributed by atoms with Gasteiger partial charge < -0.3 is 15.7 Å². The molecule has 0 aromatic rings. The average molecular weight is 758 g/mol. The van der Waals surface area contributed by atoms with Gasteiger partial charge in [-0.2, -0.15) is 0 Å². The highest BCUT2D eigenvalue weighted by Crippen LogP contribution is 2.46. The van der Waals surface area contributed by atoms with Crippen molar-refractivity contribution in [1.82, 2.24) is 10.6 Å². The van der Waals surface area contributed by atoms with E-state index in [0.717, 1.165) is 98.4 Å². The molecule has 2 atom stereocenters. The summed E-state index contributed by atoms with van der Waals surface area (Å²) in [5.41, 5.74) is 14.7. The van der Waals surface area contributed by atoms with Crippen molar-refractivity contribution in [3.63, 3.8) is 0 Å². The lowest BCUT2D eigenvalue weighted by Gasteiger charge is -2.18. The maximum atomic E-state index is 13.2. The molecule has 6 rings (SSSR count). The Labute approximate surface area is 337 Å². The average Bonchev–Trinajstić information content (AvgIpc) is 3.94. The summed E-state index contributed by atoms with van der Waals surface area (Å²) in [6, 6.07) is 0. The molecule has 8 bridgehead atoms. The van der Waals surface area contributed by atoms with Crippen LogP contribution in [0.3, 0.4) is 0 Å². The van der Waals surface area contributed by atoms with Crippen LogP contribution in [-0.2, 0) is 4.79 Å². The number of allylic oxidation sites excluding steroid dienone is 12. The Morgan fingerprint density at radius 2 is 1.46 bits per heavy atom. The number of aliphatic imine (C=N–C) groups is 3. The maximum absolute atomic E-state index is 13.2. The molecule has 5 aliphatic heterocycles. The highest BCUT2D eigenvalue weighted by atomic mass is 16.3. The third kappa shape index (κ3) is 9.13. The molecule has 1 amide bonds. The largest absolute Gasteiger partial charge is 0.511 e. The number of aliphatic hydroxyl groups excluding tert-OH is 1. The van der Waals surface area contributed by atoms with Crippen molar-refractivity contribution in [2.45, 2.75) is 157 Å². The number of nitrogens with one attached hydrogen (secondary N) is 2. The number of hydrogen-bond donors (Lipinski definition) is 3. The summed E-state index contributed by atoms with van der Waals surface area (Å²) in [7, 11) is 0. The molecule has 1 aliphatic carbocycles. The molecule has 6 aliphatic rings. The van der Waals surface area contributed by atoms with E-state index in [1.54, 1.807) is 0 Å². The zero-order chi connectivity index (χ0) is 39.8. The Hall–Kier alpha value is -4.26. The Bertz CT molecular complexity index is 1930. The lowest BCUT2D eigenvalue weighted by atomic mass is 9.86. The van der Waals surface area contributed by atoms with Crippen LogP contribution in [0, 0.1) is 11.8 Å². The number of amides is 1. The predicted octanol–water partition coefficient (Wildman–Crippen LogP) is 12.2. The minimum Gasteiger partial charge on any atom is -0.511 e. The summed E-state index contributed by atoms with van der Waals surface area (Å²) in [5.74, 6) is 0.648. The van der Waals surface area contributed by atoms with E-state index in [2.05, 4.69) is 70.1 Å². The second-order valence-corrected chi connectivity index (χ2v) is 16.7. The van der Waals surface area contributed by atoms with E-state index in [9.17, 15) is 9.90 Å².